The van der Waals surface area contributed by atoms with E-state index in [4.69, 9.17) is 10.5 Å². The summed E-state index contributed by atoms with van der Waals surface area (Å²) in [6.45, 7) is 4.49. The Kier molecular flexibility index (Phi) is 6.54. The lowest BCUT2D eigenvalue weighted by molar-refractivity contribution is -0.123. The average Bonchev–Trinajstić information content (AvgIpc) is 2.03. The first-order valence-corrected chi connectivity index (χ1v) is 4.62. The van der Waals surface area contributed by atoms with Crippen molar-refractivity contribution in [2.75, 3.05) is 13.7 Å². The molecule has 0 aromatic heterocycles. The summed E-state index contributed by atoms with van der Waals surface area (Å²) >= 11 is 0. The highest BCUT2D eigenvalue weighted by atomic mass is 16.5. The first kappa shape index (κ1) is 12.4. The summed E-state index contributed by atoms with van der Waals surface area (Å²) in [6, 6.07) is -0.251. The van der Waals surface area contributed by atoms with E-state index in [1.54, 1.807) is 7.11 Å². The van der Waals surface area contributed by atoms with Crippen molar-refractivity contribution < 1.29 is 9.53 Å². The van der Waals surface area contributed by atoms with Gasteiger partial charge < -0.3 is 15.8 Å². The maximum Gasteiger partial charge on any atom is 0.237 e. The summed E-state index contributed by atoms with van der Waals surface area (Å²) in [6.07, 6.45) is 1.50. The van der Waals surface area contributed by atoms with E-state index in [2.05, 4.69) is 5.32 Å². The fourth-order valence-corrected chi connectivity index (χ4v) is 0.970. The standard InChI is InChI=1S/C9H20N2O2/c1-7(2)11-9(12)8(10)5-4-6-13-3/h7-8H,4-6,10H2,1-3H3,(H,11,12). The molecule has 3 N–H and O–H groups in total. The molecule has 13 heavy (non-hydrogen) atoms. The van der Waals surface area contributed by atoms with Crippen molar-refractivity contribution in [3.63, 3.8) is 0 Å². The van der Waals surface area contributed by atoms with Crippen LogP contribution in [0.5, 0.6) is 0 Å². The summed E-state index contributed by atoms with van der Waals surface area (Å²) in [5.41, 5.74) is 5.64. The van der Waals surface area contributed by atoms with E-state index in [1.807, 2.05) is 13.8 Å². The molecule has 0 aromatic carbocycles. The maximum absolute atomic E-state index is 11.3. The van der Waals surface area contributed by atoms with Gasteiger partial charge in [-0.05, 0) is 26.7 Å². The predicted octanol–water partition coefficient (Wildman–Crippen LogP) is 0.265. The molecule has 0 fully saturated rings. The van der Waals surface area contributed by atoms with Crippen LogP contribution < -0.4 is 11.1 Å². The molecule has 0 saturated carbocycles. The minimum atomic E-state index is -0.405. The van der Waals surface area contributed by atoms with Crippen LogP contribution in [0.3, 0.4) is 0 Å². The van der Waals surface area contributed by atoms with E-state index >= 15 is 0 Å². The number of ether oxygens (including phenoxy) is 1. The second kappa shape index (κ2) is 6.86. The van der Waals surface area contributed by atoms with Crippen LogP contribution in [0.15, 0.2) is 0 Å². The Morgan fingerprint density at radius 2 is 2.15 bits per heavy atom. The van der Waals surface area contributed by atoms with Crippen LogP contribution >= 0.6 is 0 Å². The van der Waals surface area contributed by atoms with Gasteiger partial charge in [0.15, 0.2) is 0 Å². The Hall–Kier alpha value is -0.610. The Morgan fingerprint density at radius 3 is 2.62 bits per heavy atom. The number of hydrogen-bond donors (Lipinski definition) is 2. The fourth-order valence-electron chi connectivity index (χ4n) is 0.970. The van der Waals surface area contributed by atoms with E-state index in [0.717, 1.165) is 6.42 Å². The zero-order valence-corrected chi connectivity index (χ0v) is 8.67. The van der Waals surface area contributed by atoms with Gasteiger partial charge in [0.1, 0.15) is 0 Å². The van der Waals surface area contributed by atoms with Gasteiger partial charge in [0.2, 0.25) is 5.91 Å². The number of amides is 1. The lowest BCUT2D eigenvalue weighted by atomic mass is 10.1. The summed E-state index contributed by atoms with van der Waals surface area (Å²) in [7, 11) is 1.64. The topological polar surface area (TPSA) is 64.3 Å². The summed E-state index contributed by atoms with van der Waals surface area (Å²) in [5.74, 6) is -0.0777. The van der Waals surface area contributed by atoms with Gasteiger partial charge in [-0.15, -0.1) is 0 Å². The van der Waals surface area contributed by atoms with Crippen LogP contribution in [-0.4, -0.2) is 31.7 Å². The summed E-state index contributed by atoms with van der Waals surface area (Å²) in [5, 5.41) is 2.76. The van der Waals surface area contributed by atoms with Gasteiger partial charge in [-0.3, -0.25) is 4.79 Å². The lowest BCUT2D eigenvalue weighted by Gasteiger charge is -2.13. The highest BCUT2D eigenvalue weighted by Gasteiger charge is 2.12. The van der Waals surface area contributed by atoms with Gasteiger partial charge in [-0.2, -0.15) is 0 Å². The fraction of sp³-hybridized carbons (Fsp3) is 0.889. The van der Waals surface area contributed by atoms with Crippen LogP contribution in [-0.2, 0) is 9.53 Å². The maximum atomic E-state index is 11.3. The van der Waals surface area contributed by atoms with E-state index < -0.39 is 6.04 Å². The molecule has 0 rings (SSSR count). The van der Waals surface area contributed by atoms with Crippen molar-refractivity contribution in [1.29, 1.82) is 0 Å². The zero-order chi connectivity index (χ0) is 10.3. The lowest BCUT2D eigenvalue weighted by Crippen LogP contribution is -2.43. The summed E-state index contributed by atoms with van der Waals surface area (Å²) < 4.78 is 4.87. The van der Waals surface area contributed by atoms with Crippen LogP contribution in [0.1, 0.15) is 26.7 Å². The third kappa shape index (κ3) is 6.54. The van der Waals surface area contributed by atoms with E-state index in [-0.39, 0.29) is 11.9 Å². The molecule has 4 nitrogen and oxygen atoms in total. The highest BCUT2D eigenvalue weighted by molar-refractivity contribution is 5.81. The minimum Gasteiger partial charge on any atom is -0.385 e. The smallest absolute Gasteiger partial charge is 0.237 e. The van der Waals surface area contributed by atoms with Gasteiger partial charge in [0.05, 0.1) is 6.04 Å². The molecular weight excluding hydrogens is 168 g/mol. The van der Waals surface area contributed by atoms with E-state index in [0.29, 0.717) is 13.0 Å². The first-order chi connectivity index (χ1) is 6.07. The quantitative estimate of drug-likeness (QED) is 0.588. The van der Waals surface area contributed by atoms with Crippen LogP contribution in [0.4, 0.5) is 0 Å². The number of carbonyl (C=O) groups excluding carboxylic acids is 1. The molecule has 0 aliphatic carbocycles. The molecule has 0 aliphatic heterocycles. The van der Waals surface area contributed by atoms with Crippen molar-refractivity contribution in [3.8, 4) is 0 Å². The van der Waals surface area contributed by atoms with Crippen molar-refractivity contribution in [2.45, 2.75) is 38.8 Å². The Balaban J connectivity index is 3.57. The normalized spacial score (nSPS) is 13.0. The number of nitrogens with two attached hydrogens (primary N) is 1. The van der Waals surface area contributed by atoms with Gasteiger partial charge >= 0.3 is 0 Å². The second-order valence-corrected chi connectivity index (χ2v) is 3.40. The SMILES string of the molecule is COCCCC(N)C(=O)NC(C)C. The summed E-state index contributed by atoms with van der Waals surface area (Å²) in [4.78, 5) is 11.3. The Labute approximate surface area is 79.8 Å². The molecule has 1 unspecified atom stereocenters. The molecule has 0 aromatic rings. The molecule has 0 saturated heterocycles. The van der Waals surface area contributed by atoms with Crippen molar-refractivity contribution in [3.05, 3.63) is 0 Å². The van der Waals surface area contributed by atoms with E-state index in [9.17, 15) is 4.79 Å². The second-order valence-electron chi connectivity index (χ2n) is 3.40. The Bertz CT molecular complexity index is 149. The van der Waals surface area contributed by atoms with Gasteiger partial charge in [0, 0.05) is 19.8 Å². The predicted molar refractivity (Wildman–Crippen MR) is 52.4 cm³/mol. The van der Waals surface area contributed by atoms with Crippen LogP contribution in [0, 0.1) is 0 Å². The molecule has 0 spiro atoms. The Morgan fingerprint density at radius 1 is 1.54 bits per heavy atom. The molecule has 0 bridgehead atoms. The van der Waals surface area contributed by atoms with E-state index in [1.165, 1.54) is 0 Å². The third-order valence-electron chi connectivity index (χ3n) is 1.63. The van der Waals surface area contributed by atoms with Gasteiger partial charge in [-0.25, -0.2) is 0 Å². The van der Waals surface area contributed by atoms with Crippen molar-refractivity contribution in [2.24, 2.45) is 5.73 Å². The highest BCUT2D eigenvalue weighted by Crippen LogP contribution is 1.95. The molecule has 4 heteroatoms. The zero-order valence-electron chi connectivity index (χ0n) is 8.67. The molecule has 78 valence electrons. The molecule has 0 heterocycles. The van der Waals surface area contributed by atoms with Crippen molar-refractivity contribution in [1.82, 2.24) is 5.32 Å². The average molecular weight is 188 g/mol. The number of nitrogens with one attached hydrogen (secondary N) is 1. The van der Waals surface area contributed by atoms with Crippen molar-refractivity contribution >= 4 is 5.91 Å². The van der Waals surface area contributed by atoms with Crippen LogP contribution in [0.25, 0.3) is 0 Å². The number of hydrogen-bond acceptors (Lipinski definition) is 3. The molecular formula is C9H20N2O2. The molecule has 1 atom stereocenters. The largest absolute Gasteiger partial charge is 0.385 e. The van der Waals surface area contributed by atoms with Gasteiger partial charge in [0.25, 0.3) is 0 Å². The van der Waals surface area contributed by atoms with Gasteiger partial charge in [-0.1, -0.05) is 0 Å². The number of carbonyl (C=O) groups is 1. The molecule has 0 aliphatic rings. The van der Waals surface area contributed by atoms with Crippen LogP contribution in [0.2, 0.25) is 0 Å². The number of methoxy groups -OCH3 is 1. The third-order valence-corrected chi connectivity index (χ3v) is 1.63. The first-order valence-electron chi connectivity index (χ1n) is 4.62. The molecule has 1 amide bonds. The monoisotopic (exact) mass is 188 g/mol. The minimum absolute atomic E-state index is 0.0777. The molecule has 0 radical (unpaired) electrons. The number of rotatable bonds is 6.